The van der Waals surface area contributed by atoms with E-state index < -0.39 is 12.2 Å². The molecule has 3 aliphatic heterocycles. The molecule has 41 heavy (non-hydrogen) atoms. The number of carbonyl (C=O) groups excluding carboxylic acids is 2. The fourth-order valence-electron chi connectivity index (χ4n) is 7.01. The van der Waals surface area contributed by atoms with Gasteiger partial charge in [0, 0.05) is 50.4 Å². The van der Waals surface area contributed by atoms with E-state index in [4.69, 9.17) is 9.47 Å². The van der Waals surface area contributed by atoms with Crippen LogP contribution in [-0.4, -0.2) is 87.7 Å². The lowest BCUT2D eigenvalue weighted by atomic mass is 9.86. The first-order valence-corrected chi connectivity index (χ1v) is 15.3. The van der Waals surface area contributed by atoms with Gasteiger partial charge in [-0.1, -0.05) is 13.0 Å². The molecule has 4 aliphatic rings. The van der Waals surface area contributed by atoms with E-state index in [1.54, 1.807) is 10.9 Å². The molecule has 1 aromatic carbocycles. The molecule has 2 saturated heterocycles. The standard InChI is InChI=1S/C31H43N5O5/c1-19-3-6-23(7-4-19)36-18-22-14-26(36)31(39)32-16-29-27(37)10-8-24(41-29)11-12-40-28-13-20(21-15-33-35(2)17-21)5-9-25(28)30(38)34-22/h5,9,13,15,17,19,22-24,26-27,29,37H,3-4,6-8,10-12,14,16,18H2,1-2H3,(H,32,39)(H,34,38)/t19?,22-,23?,24-,26-,27-,29+/m0/s1. The van der Waals surface area contributed by atoms with Crippen LogP contribution in [0.25, 0.3) is 11.1 Å². The number of hydrogen-bond acceptors (Lipinski definition) is 7. The molecule has 2 aromatic rings. The van der Waals surface area contributed by atoms with Gasteiger partial charge in [-0.3, -0.25) is 19.2 Å². The summed E-state index contributed by atoms with van der Waals surface area (Å²) >= 11 is 0. The minimum Gasteiger partial charge on any atom is -0.493 e. The number of carbonyl (C=O) groups is 2. The van der Waals surface area contributed by atoms with Crippen LogP contribution < -0.4 is 15.4 Å². The number of aliphatic hydroxyl groups excluding tert-OH is 1. The number of aliphatic hydroxyl groups is 1. The second-order valence-corrected chi connectivity index (χ2v) is 12.5. The molecule has 0 unspecified atom stereocenters. The third kappa shape index (κ3) is 6.29. The van der Waals surface area contributed by atoms with Crippen LogP contribution in [0, 0.1) is 5.92 Å². The lowest BCUT2D eigenvalue weighted by molar-refractivity contribution is -0.134. The molecule has 3 N–H and O–H groups in total. The number of nitrogens with one attached hydrogen (secondary N) is 2. The Labute approximate surface area is 241 Å². The smallest absolute Gasteiger partial charge is 0.255 e. The maximum Gasteiger partial charge on any atom is 0.255 e. The minimum atomic E-state index is -0.610. The summed E-state index contributed by atoms with van der Waals surface area (Å²) in [7, 11) is 1.87. The predicted octanol–water partition coefficient (Wildman–Crippen LogP) is 2.65. The van der Waals surface area contributed by atoms with Crippen molar-refractivity contribution in [2.45, 2.75) is 94.7 Å². The predicted molar refractivity (Wildman–Crippen MR) is 153 cm³/mol. The number of fused-ring (bicyclic) bond motifs is 5. The van der Waals surface area contributed by atoms with Gasteiger partial charge in [-0.05, 0) is 68.6 Å². The van der Waals surface area contributed by atoms with E-state index in [0.29, 0.717) is 55.7 Å². The van der Waals surface area contributed by atoms with Gasteiger partial charge >= 0.3 is 0 Å². The van der Waals surface area contributed by atoms with Crippen molar-refractivity contribution in [1.29, 1.82) is 0 Å². The van der Waals surface area contributed by atoms with E-state index in [-0.39, 0.29) is 36.5 Å². The summed E-state index contributed by atoms with van der Waals surface area (Å²) in [6.07, 6.45) is 9.51. The van der Waals surface area contributed by atoms with E-state index in [1.807, 2.05) is 31.4 Å². The van der Waals surface area contributed by atoms with Crippen molar-refractivity contribution >= 4 is 11.8 Å². The van der Waals surface area contributed by atoms with Gasteiger partial charge in [-0.2, -0.15) is 5.10 Å². The van der Waals surface area contributed by atoms with Crippen LogP contribution in [0.2, 0.25) is 0 Å². The van der Waals surface area contributed by atoms with Crippen LogP contribution in [0.4, 0.5) is 0 Å². The van der Waals surface area contributed by atoms with Crippen molar-refractivity contribution in [2.75, 3.05) is 19.7 Å². The van der Waals surface area contributed by atoms with Crippen LogP contribution >= 0.6 is 0 Å². The average Bonchev–Trinajstić information content (AvgIpc) is 3.59. The number of ether oxygens (including phenoxy) is 2. The highest BCUT2D eigenvalue weighted by Crippen LogP contribution is 2.33. The van der Waals surface area contributed by atoms with E-state index in [1.165, 1.54) is 0 Å². The van der Waals surface area contributed by atoms with Gasteiger partial charge in [-0.25, -0.2) is 0 Å². The molecule has 3 fully saturated rings. The number of hydrogen-bond donors (Lipinski definition) is 3. The molecule has 10 heteroatoms. The minimum absolute atomic E-state index is 0.0461. The highest BCUT2D eigenvalue weighted by atomic mass is 16.5. The second-order valence-electron chi connectivity index (χ2n) is 12.5. The third-order valence-electron chi connectivity index (χ3n) is 9.45. The Morgan fingerprint density at radius 3 is 2.66 bits per heavy atom. The van der Waals surface area contributed by atoms with Gasteiger partial charge in [0.1, 0.15) is 11.9 Å². The molecule has 5 atom stereocenters. The summed E-state index contributed by atoms with van der Waals surface area (Å²) < 4.78 is 14.2. The number of aromatic nitrogens is 2. The Balaban J connectivity index is 1.28. The van der Waals surface area contributed by atoms with Crippen LogP contribution in [0.1, 0.15) is 68.6 Å². The SMILES string of the molecule is CC1CCC(N2C[C@@H]3C[C@H]2C(=O)NC[C@H]2O[C@H](CCOc4cc(-c5cnn(C)c5)ccc4C(=O)N3)CC[C@@H]2O)CC1. The van der Waals surface area contributed by atoms with E-state index in [0.717, 1.165) is 43.2 Å². The van der Waals surface area contributed by atoms with Gasteiger partial charge in [0.15, 0.2) is 0 Å². The van der Waals surface area contributed by atoms with E-state index in [2.05, 4.69) is 27.6 Å². The van der Waals surface area contributed by atoms with Crippen molar-refractivity contribution in [2.24, 2.45) is 13.0 Å². The van der Waals surface area contributed by atoms with Crippen LogP contribution in [0.5, 0.6) is 5.75 Å². The van der Waals surface area contributed by atoms with Gasteiger partial charge in [0.25, 0.3) is 5.91 Å². The van der Waals surface area contributed by atoms with Gasteiger partial charge < -0.3 is 25.2 Å². The summed E-state index contributed by atoms with van der Waals surface area (Å²) in [6, 6.07) is 5.49. The number of rotatable bonds is 2. The average molecular weight is 566 g/mol. The summed E-state index contributed by atoms with van der Waals surface area (Å²) in [6.45, 7) is 3.58. The Morgan fingerprint density at radius 2 is 1.88 bits per heavy atom. The molecule has 1 aliphatic carbocycles. The summed E-state index contributed by atoms with van der Waals surface area (Å²) in [5, 5.41) is 21.2. The molecular formula is C31H43N5O5. The Morgan fingerprint density at radius 1 is 1.05 bits per heavy atom. The van der Waals surface area contributed by atoms with Crippen LogP contribution in [0.15, 0.2) is 30.6 Å². The molecular weight excluding hydrogens is 522 g/mol. The molecule has 222 valence electrons. The molecule has 2 amide bonds. The van der Waals surface area contributed by atoms with Crippen molar-refractivity contribution in [3.8, 4) is 16.9 Å². The van der Waals surface area contributed by atoms with Crippen molar-refractivity contribution < 1.29 is 24.2 Å². The van der Waals surface area contributed by atoms with Crippen LogP contribution in [0.3, 0.4) is 0 Å². The molecule has 0 spiro atoms. The first-order chi connectivity index (χ1) is 19.8. The fourth-order valence-corrected chi connectivity index (χ4v) is 7.01. The molecule has 6 rings (SSSR count). The quantitative estimate of drug-likeness (QED) is 0.513. The first-order valence-electron chi connectivity index (χ1n) is 15.3. The van der Waals surface area contributed by atoms with Crippen LogP contribution in [-0.2, 0) is 16.6 Å². The largest absolute Gasteiger partial charge is 0.493 e. The molecule has 4 heterocycles. The lowest BCUT2D eigenvalue weighted by Gasteiger charge is -2.37. The van der Waals surface area contributed by atoms with Crippen molar-refractivity contribution in [3.63, 3.8) is 0 Å². The summed E-state index contributed by atoms with van der Waals surface area (Å²) in [5.74, 6) is 0.992. The zero-order valence-corrected chi connectivity index (χ0v) is 24.1. The highest BCUT2D eigenvalue weighted by Gasteiger charge is 2.42. The summed E-state index contributed by atoms with van der Waals surface area (Å²) in [5.41, 5.74) is 2.35. The summed E-state index contributed by atoms with van der Waals surface area (Å²) in [4.78, 5) is 29.6. The molecule has 1 aromatic heterocycles. The molecule has 1 saturated carbocycles. The first kappa shape index (κ1) is 28.2. The lowest BCUT2D eigenvalue weighted by Crippen LogP contribution is -2.52. The Kier molecular flexibility index (Phi) is 8.33. The van der Waals surface area contributed by atoms with E-state index in [9.17, 15) is 14.7 Å². The van der Waals surface area contributed by atoms with Gasteiger partial charge in [0.2, 0.25) is 5.91 Å². The fraction of sp³-hybridized carbons (Fsp3) is 0.645. The zero-order chi connectivity index (χ0) is 28.5. The maximum absolute atomic E-state index is 13.7. The Hall–Kier alpha value is -2.95. The van der Waals surface area contributed by atoms with Gasteiger partial charge in [-0.15, -0.1) is 0 Å². The number of aryl methyl sites for hydroxylation is 1. The highest BCUT2D eigenvalue weighted by molar-refractivity contribution is 5.98. The van der Waals surface area contributed by atoms with E-state index >= 15 is 0 Å². The third-order valence-corrected chi connectivity index (χ3v) is 9.45. The molecule has 0 radical (unpaired) electrons. The second kappa shape index (κ2) is 12.1. The number of amides is 2. The Bertz CT molecular complexity index is 1240. The molecule has 4 bridgehead atoms. The van der Waals surface area contributed by atoms with Gasteiger partial charge in [0.05, 0.1) is 36.6 Å². The molecule has 10 nitrogen and oxygen atoms in total. The zero-order valence-electron chi connectivity index (χ0n) is 24.1. The monoisotopic (exact) mass is 565 g/mol. The maximum atomic E-state index is 13.7. The van der Waals surface area contributed by atoms with Crippen molar-refractivity contribution in [3.05, 3.63) is 36.2 Å². The number of benzene rings is 1. The topological polar surface area (TPSA) is 118 Å². The van der Waals surface area contributed by atoms with Crippen molar-refractivity contribution in [1.82, 2.24) is 25.3 Å². The normalized spacial score (nSPS) is 33.4. The number of nitrogens with zero attached hydrogens (tertiary/aromatic N) is 3. The number of likely N-dealkylation sites (tertiary alicyclic amines) is 1.